The SMILES string of the molecule is COCCN(C)C(CN)c1ccc(OC)c(OC)c1. The molecule has 0 saturated carbocycles. The molecule has 0 amide bonds. The molecule has 1 aromatic carbocycles. The number of methoxy groups -OCH3 is 3. The molecule has 19 heavy (non-hydrogen) atoms. The van der Waals surface area contributed by atoms with Gasteiger partial charge in [-0.05, 0) is 24.7 Å². The van der Waals surface area contributed by atoms with Crippen LogP contribution in [-0.2, 0) is 4.74 Å². The first-order valence-electron chi connectivity index (χ1n) is 6.29. The Kier molecular flexibility index (Phi) is 6.62. The number of hydrogen-bond donors (Lipinski definition) is 1. The van der Waals surface area contributed by atoms with Crippen LogP contribution in [0.15, 0.2) is 18.2 Å². The lowest BCUT2D eigenvalue weighted by Gasteiger charge is -2.27. The molecule has 1 aromatic rings. The van der Waals surface area contributed by atoms with Crippen molar-refractivity contribution in [2.45, 2.75) is 6.04 Å². The van der Waals surface area contributed by atoms with E-state index in [0.717, 1.165) is 23.6 Å². The van der Waals surface area contributed by atoms with E-state index in [2.05, 4.69) is 4.90 Å². The molecule has 0 saturated heterocycles. The summed E-state index contributed by atoms with van der Waals surface area (Å²) in [4.78, 5) is 2.17. The molecule has 2 N–H and O–H groups in total. The summed E-state index contributed by atoms with van der Waals surface area (Å²) in [7, 11) is 6.99. The molecule has 1 atom stereocenters. The van der Waals surface area contributed by atoms with E-state index in [0.29, 0.717) is 13.2 Å². The van der Waals surface area contributed by atoms with Crippen LogP contribution < -0.4 is 15.2 Å². The van der Waals surface area contributed by atoms with E-state index in [1.54, 1.807) is 21.3 Å². The van der Waals surface area contributed by atoms with E-state index in [-0.39, 0.29) is 6.04 Å². The number of nitrogens with two attached hydrogens (primary N) is 1. The van der Waals surface area contributed by atoms with Gasteiger partial charge < -0.3 is 19.9 Å². The summed E-state index contributed by atoms with van der Waals surface area (Å²) in [5, 5.41) is 0. The first-order valence-corrected chi connectivity index (χ1v) is 6.29. The van der Waals surface area contributed by atoms with Crippen LogP contribution in [0.25, 0.3) is 0 Å². The number of nitrogens with zero attached hydrogens (tertiary/aromatic N) is 1. The molecule has 0 aliphatic carbocycles. The molecule has 108 valence electrons. The second-order valence-electron chi connectivity index (χ2n) is 4.34. The van der Waals surface area contributed by atoms with Gasteiger partial charge >= 0.3 is 0 Å². The molecule has 0 heterocycles. The fourth-order valence-electron chi connectivity index (χ4n) is 2.02. The number of rotatable bonds is 8. The van der Waals surface area contributed by atoms with Crippen molar-refractivity contribution >= 4 is 0 Å². The van der Waals surface area contributed by atoms with Gasteiger partial charge in [-0.1, -0.05) is 6.07 Å². The average molecular weight is 268 g/mol. The topological polar surface area (TPSA) is 57.0 Å². The number of hydrogen-bond acceptors (Lipinski definition) is 5. The van der Waals surface area contributed by atoms with Gasteiger partial charge in [-0.3, -0.25) is 4.90 Å². The Morgan fingerprint density at radius 3 is 2.37 bits per heavy atom. The lowest BCUT2D eigenvalue weighted by Crippen LogP contribution is -2.32. The van der Waals surface area contributed by atoms with Crippen LogP contribution in [0.2, 0.25) is 0 Å². The monoisotopic (exact) mass is 268 g/mol. The van der Waals surface area contributed by atoms with E-state index in [1.807, 2.05) is 25.2 Å². The zero-order valence-corrected chi connectivity index (χ0v) is 12.2. The van der Waals surface area contributed by atoms with Gasteiger partial charge in [0.2, 0.25) is 0 Å². The van der Waals surface area contributed by atoms with Gasteiger partial charge in [-0.25, -0.2) is 0 Å². The third-order valence-corrected chi connectivity index (χ3v) is 3.20. The Labute approximate surface area is 115 Å². The Bertz CT molecular complexity index is 385. The largest absolute Gasteiger partial charge is 0.493 e. The van der Waals surface area contributed by atoms with Gasteiger partial charge in [0, 0.05) is 26.2 Å². The summed E-state index contributed by atoms with van der Waals surface area (Å²) in [6.45, 7) is 2.04. The summed E-state index contributed by atoms with van der Waals surface area (Å²) in [6, 6.07) is 6.03. The van der Waals surface area contributed by atoms with Crippen molar-refractivity contribution < 1.29 is 14.2 Å². The van der Waals surface area contributed by atoms with Crippen LogP contribution in [-0.4, -0.2) is 53.0 Å². The number of likely N-dealkylation sites (N-methyl/N-ethyl adjacent to an activating group) is 1. The molecule has 1 unspecified atom stereocenters. The van der Waals surface area contributed by atoms with E-state index >= 15 is 0 Å². The molecule has 5 heteroatoms. The molecule has 0 aromatic heterocycles. The normalized spacial score (nSPS) is 12.5. The first kappa shape index (κ1) is 15.8. The van der Waals surface area contributed by atoms with E-state index in [4.69, 9.17) is 19.9 Å². The quantitative estimate of drug-likeness (QED) is 0.769. The molecule has 5 nitrogen and oxygen atoms in total. The van der Waals surface area contributed by atoms with E-state index < -0.39 is 0 Å². The van der Waals surface area contributed by atoms with Gasteiger partial charge in [-0.2, -0.15) is 0 Å². The standard InChI is InChI=1S/C14H24N2O3/c1-16(7-8-17-2)12(10-15)11-5-6-13(18-3)14(9-11)19-4/h5-6,9,12H,7-8,10,15H2,1-4H3. The second-order valence-corrected chi connectivity index (χ2v) is 4.34. The van der Waals surface area contributed by atoms with Crippen LogP contribution in [0.3, 0.4) is 0 Å². The lowest BCUT2D eigenvalue weighted by molar-refractivity contribution is 0.140. The highest BCUT2D eigenvalue weighted by Gasteiger charge is 2.17. The summed E-state index contributed by atoms with van der Waals surface area (Å²) in [5.41, 5.74) is 6.99. The van der Waals surface area contributed by atoms with Crippen LogP contribution in [0.5, 0.6) is 11.5 Å². The van der Waals surface area contributed by atoms with Crippen molar-refractivity contribution in [1.82, 2.24) is 4.90 Å². The Morgan fingerprint density at radius 2 is 1.84 bits per heavy atom. The maximum Gasteiger partial charge on any atom is 0.161 e. The number of benzene rings is 1. The highest BCUT2D eigenvalue weighted by atomic mass is 16.5. The summed E-state index contributed by atoms with van der Waals surface area (Å²) >= 11 is 0. The molecule has 0 aliphatic heterocycles. The molecular weight excluding hydrogens is 244 g/mol. The van der Waals surface area contributed by atoms with E-state index in [9.17, 15) is 0 Å². The van der Waals surface area contributed by atoms with Crippen molar-refractivity contribution in [1.29, 1.82) is 0 Å². The molecule has 1 rings (SSSR count). The van der Waals surface area contributed by atoms with Crippen LogP contribution in [0.4, 0.5) is 0 Å². The average Bonchev–Trinajstić information content (AvgIpc) is 2.45. The van der Waals surface area contributed by atoms with Gasteiger partial charge in [0.25, 0.3) is 0 Å². The minimum atomic E-state index is 0.134. The van der Waals surface area contributed by atoms with Crippen molar-refractivity contribution in [2.24, 2.45) is 5.73 Å². The van der Waals surface area contributed by atoms with Gasteiger partial charge in [0.1, 0.15) is 0 Å². The fraction of sp³-hybridized carbons (Fsp3) is 0.571. The summed E-state index contributed by atoms with van der Waals surface area (Å²) in [5.74, 6) is 1.44. The second kappa shape index (κ2) is 7.99. The highest BCUT2D eigenvalue weighted by molar-refractivity contribution is 5.43. The third-order valence-electron chi connectivity index (χ3n) is 3.20. The molecule has 0 bridgehead atoms. The highest BCUT2D eigenvalue weighted by Crippen LogP contribution is 2.31. The molecule has 0 spiro atoms. The summed E-state index contributed by atoms with van der Waals surface area (Å²) in [6.07, 6.45) is 0. The Morgan fingerprint density at radius 1 is 1.16 bits per heavy atom. The summed E-state index contributed by atoms with van der Waals surface area (Å²) < 4.78 is 15.7. The molecule has 0 radical (unpaired) electrons. The molecular formula is C14H24N2O3. The fourth-order valence-corrected chi connectivity index (χ4v) is 2.02. The zero-order chi connectivity index (χ0) is 14.3. The van der Waals surface area contributed by atoms with E-state index in [1.165, 1.54) is 0 Å². The van der Waals surface area contributed by atoms with Crippen LogP contribution >= 0.6 is 0 Å². The van der Waals surface area contributed by atoms with Crippen molar-refractivity contribution in [3.05, 3.63) is 23.8 Å². The van der Waals surface area contributed by atoms with Gasteiger partial charge in [-0.15, -0.1) is 0 Å². The maximum atomic E-state index is 5.88. The predicted molar refractivity (Wildman–Crippen MR) is 75.8 cm³/mol. The van der Waals surface area contributed by atoms with Gasteiger partial charge in [0.15, 0.2) is 11.5 Å². The zero-order valence-electron chi connectivity index (χ0n) is 12.2. The lowest BCUT2D eigenvalue weighted by atomic mass is 10.0. The predicted octanol–water partition coefficient (Wildman–Crippen LogP) is 1.28. The van der Waals surface area contributed by atoms with Crippen molar-refractivity contribution in [3.63, 3.8) is 0 Å². The van der Waals surface area contributed by atoms with Crippen molar-refractivity contribution in [2.75, 3.05) is 48.1 Å². The Balaban J connectivity index is 2.91. The minimum Gasteiger partial charge on any atom is -0.493 e. The van der Waals surface area contributed by atoms with Gasteiger partial charge in [0.05, 0.1) is 20.8 Å². The third kappa shape index (κ3) is 4.09. The first-order chi connectivity index (χ1) is 9.17. The molecule has 0 fully saturated rings. The maximum absolute atomic E-state index is 5.88. The Hall–Kier alpha value is -1.30. The number of ether oxygens (including phenoxy) is 3. The van der Waals surface area contributed by atoms with Crippen LogP contribution in [0, 0.1) is 0 Å². The molecule has 0 aliphatic rings. The minimum absolute atomic E-state index is 0.134. The smallest absolute Gasteiger partial charge is 0.161 e. The van der Waals surface area contributed by atoms with Crippen molar-refractivity contribution in [3.8, 4) is 11.5 Å². The van der Waals surface area contributed by atoms with Crippen LogP contribution in [0.1, 0.15) is 11.6 Å².